The Morgan fingerprint density at radius 1 is 1.21 bits per heavy atom. The Hall–Kier alpha value is -2.48. The molecule has 0 fully saturated rings. The minimum absolute atomic E-state index is 0.0359. The van der Waals surface area contributed by atoms with E-state index in [4.69, 9.17) is 37.6 Å². The van der Waals surface area contributed by atoms with Crippen molar-refractivity contribution in [1.29, 1.82) is 5.26 Å². The molecule has 1 heterocycles. The van der Waals surface area contributed by atoms with Crippen molar-refractivity contribution in [2.24, 2.45) is 0 Å². The molecule has 0 bridgehead atoms. The van der Waals surface area contributed by atoms with Crippen LogP contribution in [0.5, 0.6) is 5.75 Å². The number of aryl methyl sites for hydroxylation is 1. The van der Waals surface area contributed by atoms with Gasteiger partial charge in [-0.1, -0.05) is 53.0 Å². The first-order valence-electron chi connectivity index (χ1n) is 7.04. The van der Waals surface area contributed by atoms with E-state index in [1.54, 1.807) is 0 Å². The van der Waals surface area contributed by atoms with E-state index in [9.17, 15) is 4.79 Å². The topological polar surface area (TPSA) is 63.2 Å². The summed E-state index contributed by atoms with van der Waals surface area (Å²) in [5, 5.41) is 9.52. The molecule has 0 atom stereocenters. The summed E-state index contributed by atoms with van der Waals surface area (Å²) in [7, 11) is 0. The van der Waals surface area contributed by atoms with Gasteiger partial charge in [-0.25, -0.2) is 0 Å². The van der Waals surface area contributed by atoms with Crippen molar-refractivity contribution in [2.75, 3.05) is 6.61 Å². The summed E-state index contributed by atoms with van der Waals surface area (Å²) in [5.74, 6) is 0.193. The molecule has 24 heavy (non-hydrogen) atoms. The van der Waals surface area contributed by atoms with Crippen LogP contribution in [0.1, 0.15) is 5.56 Å². The maximum absolute atomic E-state index is 12.8. The number of nitrogens with zero attached hydrogens (tertiary/aromatic N) is 1. The van der Waals surface area contributed by atoms with Crippen LogP contribution in [0.2, 0.25) is 10.0 Å². The zero-order valence-electron chi connectivity index (χ0n) is 12.6. The van der Waals surface area contributed by atoms with Gasteiger partial charge >= 0.3 is 0 Å². The number of hydrogen-bond acceptors (Lipinski definition) is 4. The van der Waals surface area contributed by atoms with Crippen LogP contribution in [0.15, 0.2) is 45.6 Å². The van der Waals surface area contributed by atoms with Gasteiger partial charge in [-0.05, 0) is 19.1 Å². The number of nitriles is 1. The van der Waals surface area contributed by atoms with E-state index in [1.807, 2.05) is 37.3 Å². The molecule has 3 rings (SSSR count). The molecule has 0 unspecified atom stereocenters. The van der Waals surface area contributed by atoms with E-state index in [-0.39, 0.29) is 34.1 Å². The lowest BCUT2D eigenvalue weighted by molar-refractivity contribution is 0.356. The molecule has 6 heteroatoms. The number of ether oxygens (including phenoxy) is 1. The number of benzene rings is 2. The monoisotopic (exact) mass is 359 g/mol. The van der Waals surface area contributed by atoms with Crippen molar-refractivity contribution in [3.8, 4) is 23.1 Å². The molecule has 120 valence electrons. The summed E-state index contributed by atoms with van der Waals surface area (Å²) < 4.78 is 11.2. The van der Waals surface area contributed by atoms with Gasteiger partial charge in [0.1, 0.15) is 6.07 Å². The molecule has 0 N–H and O–H groups in total. The van der Waals surface area contributed by atoms with Gasteiger partial charge in [-0.2, -0.15) is 5.26 Å². The van der Waals surface area contributed by atoms with Crippen molar-refractivity contribution >= 4 is 34.2 Å². The third kappa shape index (κ3) is 2.96. The third-order valence-corrected chi connectivity index (χ3v) is 3.96. The Labute approximate surface area is 147 Å². The van der Waals surface area contributed by atoms with Crippen LogP contribution >= 0.6 is 23.2 Å². The van der Waals surface area contributed by atoms with Crippen LogP contribution in [0.25, 0.3) is 22.3 Å². The predicted octanol–water partition coefficient (Wildman–Crippen LogP) is 4.98. The summed E-state index contributed by atoms with van der Waals surface area (Å²) in [5.41, 5.74) is 1.52. The molecule has 0 saturated heterocycles. The van der Waals surface area contributed by atoms with Gasteiger partial charge < -0.3 is 9.15 Å². The van der Waals surface area contributed by atoms with Gasteiger partial charge in [0.25, 0.3) is 0 Å². The smallest absolute Gasteiger partial charge is 0.235 e. The Morgan fingerprint density at radius 3 is 2.58 bits per heavy atom. The van der Waals surface area contributed by atoms with E-state index in [2.05, 4.69) is 0 Å². The van der Waals surface area contributed by atoms with Crippen LogP contribution in [0.4, 0.5) is 0 Å². The van der Waals surface area contributed by atoms with E-state index in [1.165, 1.54) is 12.1 Å². The van der Waals surface area contributed by atoms with E-state index in [0.29, 0.717) is 10.6 Å². The summed E-state index contributed by atoms with van der Waals surface area (Å²) >= 11 is 12.1. The Bertz CT molecular complexity index is 1020. The minimum Gasteiger partial charge on any atom is -0.471 e. The molecule has 4 nitrogen and oxygen atoms in total. The van der Waals surface area contributed by atoms with Gasteiger partial charge in [0, 0.05) is 10.6 Å². The zero-order chi connectivity index (χ0) is 17.3. The maximum atomic E-state index is 12.8. The van der Waals surface area contributed by atoms with Gasteiger partial charge in [0.15, 0.2) is 18.0 Å². The molecular formula is C18H11Cl2NO3. The van der Waals surface area contributed by atoms with Crippen molar-refractivity contribution in [2.45, 2.75) is 6.92 Å². The number of halogens is 2. The average Bonchev–Trinajstić information content (AvgIpc) is 2.55. The molecule has 2 aromatic carbocycles. The summed E-state index contributed by atoms with van der Waals surface area (Å²) in [6.45, 7) is 1.68. The average molecular weight is 360 g/mol. The highest BCUT2D eigenvalue weighted by Crippen LogP contribution is 2.35. The Morgan fingerprint density at radius 2 is 1.92 bits per heavy atom. The molecule has 0 spiro atoms. The quantitative estimate of drug-likeness (QED) is 0.661. The second-order valence-corrected chi connectivity index (χ2v) is 6.01. The van der Waals surface area contributed by atoms with E-state index < -0.39 is 5.43 Å². The first-order valence-corrected chi connectivity index (χ1v) is 7.79. The van der Waals surface area contributed by atoms with Crippen molar-refractivity contribution < 1.29 is 9.15 Å². The van der Waals surface area contributed by atoms with Crippen molar-refractivity contribution in [3.05, 3.63) is 62.2 Å². The molecule has 0 amide bonds. The second-order valence-electron chi connectivity index (χ2n) is 5.17. The number of hydrogen-bond donors (Lipinski definition) is 0. The standard InChI is InChI=1S/C18H11Cl2NO3/c1-10-2-4-11(5-3-10)16-18(23-7-6-21)15(22)13-8-12(19)9-14(20)17(13)24-16/h2-5,8-9H,7H2,1H3. The number of fused-ring (bicyclic) bond motifs is 1. The first kappa shape index (κ1) is 16.4. The molecule has 0 saturated carbocycles. The normalized spacial score (nSPS) is 10.6. The molecule has 3 aromatic rings. The molecular weight excluding hydrogens is 349 g/mol. The van der Waals surface area contributed by atoms with Crippen LogP contribution in [0.3, 0.4) is 0 Å². The van der Waals surface area contributed by atoms with Gasteiger partial charge in [0.2, 0.25) is 11.2 Å². The molecule has 0 radical (unpaired) electrons. The summed E-state index contributed by atoms with van der Waals surface area (Å²) in [6.07, 6.45) is 0. The minimum atomic E-state index is -0.425. The SMILES string of the molecule is Cc1ccc(-c2oc3c(Cl)cc(Cl)cc3c(=O)c2OCC#N)cc1. The lowest BCUT2D eigenvalue weighted by Gasteiger charge is -2.11. The Balaban J connectivity index is 2.36. The van der Waals surface area contributed by atoms with Gasteiger partial charge in [-0.3, -0.25) is 4.79 Å². The Kier molecular flexibility index (Phi) is 4.48. The number of rotatable bonds is 3. The lowest BCUT2D eigenvalue weighted by atomic mass is 10.1. The third-order valence-electron chi connectivity index (χ3n) is 3.46. The molecule has 0 aliphatic rings. The summed E-state index contributed by atoms with van der Waals surface area (Å²) in [4.78, 5) is 12.8. The fourth-order valence-electron chi connectivity index (χ4n) is 2.34. The predicted molar refractivity (Wildman–Crippen MR) is 93.8 cm³/mol. The molecule has 0 aliphatic heterocycles. The van der Waals surface area contributed by atoms with Crippen LogP contribution in [0, 0.1) is 18.3 Å². The molecule has 1 aromatic heterocycles. The first-order chi connectivity index (χ1) is 11.5. The van der Waals surface area contributed by atoms with E-state index in [0.717, 1.165) is 5.56 Å². The largest absolute Gasteiger partial charge is 0.471 e. The summed E-state index contributed by atoms with van der Waals surface area (Å²) in [6, 6.07) is 12.2. The van der Waals surface area contributed by atoms with Gasteiger partial charge in [0.05, 0.1) is 10.4 Å². The maximum Gasteiger partial charge on any atom is 0.235 e. The highest BCUT2D eigenvalue weighted by atomic mass is 35.5. The van der Waals surface area contributed by atoms with Crippen LogP contribution in [-0.2, 0) is 0 Å². The lowest BCUT2D eigenvalue weighted by Crippen LogP contribution is -2.10. The van der Waals surface area contributed by atoms with Crippen molar-refractivity contribution in [3.63, 3.8) is 0 Å². The van der Waals surface area contributed by atoms with Crippen LogP contribution < -0.4 is 10.2 Å². The fourth-order valence-corrected chi connectivity index (χ4v) is 2.87. The fraction of sp³-hybridized carbons (Fsp3) is 0.111. The van der Waals surface area contributed by atoms with Crippen LogP contribution in [-0.4, -0.2) is 6.61 Å². The highest BCUT2D eigenvalue weighted by Gasteiger charge is 2.19. The van der Waals surface area contributed by atoms with Crippen molar-refractivity contribution in [1.82, 2.24) is 0 Å². The molecule has 0 aliphatic carbocycles. The second kappa shape index (κ2) is 6.56. The van der Waals surface area contributed by atoms with Gasteiger partial charge in [-0.15, -0.1) is 0 Å². The highest BCUT2D eigenvalue weighted by molar-refractivity contribution is 6.38. The van der Waals surface area contributed by atoms with E-state index >= 15 is 0 Å². The zero-order valence-corrected chi connectivity index (χ0v) is 14.1.